The molecule has 11 heteroatoms. The molecular weight excluding hydrogens is 564 g/mol. The number of rotatable bonds is 11. The Morgan fingerprint density at radius 1 is 1.03 bits per heavy atom. The third kappa shape index (κ3) is 9.93. The molecule has 8 nitrogen and oxygen atoms in total. The molecule has 220 valence electrons. The maximum absolute atomic E-state index is 13.4. The van der Waals surface area contributed by atoms with E-state index in [4.69, 9.17) is 32.7 Å². The number of benzene rings is 1. The first-order valence-electron chi connectivity index (χ1n) is 14.1. The molecule has 2 aliphatic rings. The predicted molar refractivity (Wildman–Crippen MR) is 152 cm³/mol. The molecule has 2 fully saturated rings. The number of hydrogen-bond acceptors (Lipinski definition) is 6. The monoisotopic (exact) mass is 605 g/mol. The lowest BCUT2D eigenvalue weighted by Gasteiger charge is -2.35. The zero-order valence-electron chi connectivity index (χ0n) is 22.8. The second-order valence-corrected chi connectivity index (χ2v) is 13.0. The third-order valence-corrected chi connectivity index (χ3v) is 9.72. The van der Waals surface area contributed by atoms with E-state index in [0.717, 1.165) is 57.8 Å². The van der Waals surface area contributed by atoms with E-state index in [1.54, 1.807) is 25.1 Å². The first kappa shape index (κ1) is 32.2. The van der Waals surface area contributed by atoms with Crippen molar-refractivity contribution in [3.63, 3.8) is 0 Å². The van der Waals surface area contributed by atoms with Crippen LogP contribution in [-0.4, -0.2) is 45.6 Å². The van der Waals surface area contributed by atoms with Crippen LogP contribution >= 0.6 is 31.2 Å². The van der Waals surface area contributed by atoms with Crippen molar-refractivity contribution >= 4 is 43.3 Å². The minimum atomic E-state index is -2.51. The molecule has 0 radical (unpaired) electrons. The van der Waals surface area contributed by atoms with Crippen LogP contribution in [-0.2, 0) is 18.8 Å². The summed E-state index contributed by atoms with van der Waals surface area (Å²) in [7, 11) is -2.51. The fraction of sp³-hybridized carbons (Fsp3) is 0.714. The summed E-state index contributed by atoms with van der Waals surface area (Å²) >= 11 is 12.3. The van der Waals surface area contributed by atoms with Crippen LogP contribution in [0.1, 0.15) is 96.1 Å². The van der Waals surface area contributed by atoms with Gasteiger partial charge in [0, 0.05) is 13.1 Å². The van der Waals surface area contributed by atoms with Crippen LogP contribution in [0.2, 0.25) is 10.0 Å². The van der Waals surface area contributed by atoms with Crippen molar-refractivity contribution in [1.82, 2.24) is 4.90 Å². The molecule has 0 bridgehead atoms. The number of aliphatic hydroxyl groups is 1. The Balaban J connectivity index is 1.67. The smallest absolute Gasteiger partial charge is 0.415 e. The quantitative estimate of drug-likeness (QED) is 0.154. The molecule has 1 amide bonds. The number of carbonyl (C=O) groups excluding carboxylic acids is 2. The first-order valence-corrected chi connectivity index (χ1v) is 16.4. The Kier molecular flexibility index (Phi) is 12.9. The number of esters is 1. The van der Waals surface area contributed by atoms with E-state index in [-0.39, 0.29) is 17.8 Å². The fourth-order valence-corrected chi connectivity index (χ4v) is 7.09. The minimum Gasteiger partial charge on any atom is -0.425 e. The van der Waals surface area contributed by atoms with E-state index in [2.05, 4.69) is 0 Å². The normalized spacial score (nSPS) is 23.3. The molecule has 0 heterocycles. The largest absolute Gasteiger partial charge is 0.425 e. The molecule has 6 atom stereocenters. The maximum Gasteiger partial charge on any atom is 0.415 e. The number of carbonyl (C=O) groups is 2. The molecule has 0 aliphatic heterocycles. The van der Waals surface area contributed by atoms with Gasteiger partial charge in [-0.3, -0.25) is 14.3 Å². The lowest BCUT2D eigenvalue weighted by Crippen LogP contribution is -2.44. The lowest BCUT2D eigenvalue weighted by molar-refractivity contribution is -0.174. The molecule has 0 saturated heterocycles. The van der Waals surface area contributed by atoms with E-state index in [1.807, 2.05) is 0 Å². The molecule has 1 aromatic rings. The van der Waals surface area contributed by atoms with Gasteiger partial charge in [0.15, 0.2) is 8.03 Å². The van der Waals surface area contributed by atoms with Gasteiger partial charge in [-0.15, -0.1) is 0 Å². The topological polar surface area (TPSA) is 113 Å². The van der Waals surface area contributed by atoms with Crippen LogP contribution in [0, 0.1) is 17.8 Å². The van der Waals surface area contributed by atoms with Gasteiger partial charge in [-0.05, 0) is 75.0 Å². The number of aliphatic hydroxyl groups excluding tert-OH is 1. The second kappa shape index (κ2) is 15.6. The van der Waals surface area contributed by atoms with Gasteiger partial charge in [0.1, 0.15) is 6.23 Å². The SMILES string of the molecule is CC(OC(=O)C1CCCCC1)OC(=O)N(C(O)CCC1CCCC(C[PH](=O)O)C1)[C@H](C)c1ccc(Cl)c(Cl)c1. The summed E-state index contributed by atoms with van der Waals surface area (Å²) in [6.07, 6.45) is 6.60. The highest BCUT2D eigenvalue weighted by Gasteiger charge is 2.33. The highest BCUT2D eigenvalue weighted by atomic mass is 35.5. The molecule has 1 aromatic carbocycles. The van der Waals surface area contributed by atoms with Gasteiger partial charge in [-0.1, -0.05) is 61.4 Å². The summed E-state index contributed by atoms with van der Waals surface area (Å²) < 4.78 is 22.3. The van der Waals surface area contributed by atoms with Crippen molar-refractivity contribution in [3.05, 3.63) is 33.8 Å². The average molecular weight is 607 g/mol. The van der Waals surface area contributed by atoms with Gasteiger partial charge < -0.3 is 19.5 Å². The van der Waals surface area contributed by atoms with Crippen LogP contribution in [0.3, 0.4) is 0 Å². The van der Waals surface area contributed by atoms with Gasteiger partial charge in [-0.2, -0.15) is 0 Å². The van der Waals surface area contributed by atoms with Crippen LogP contribution < -0.4 is 0 Å². The summed E-state index contributed by atoms with van der Waals surface area (Å²) in [5.74, 6) is -0.0286. The van der Waals surface area contributed by atoms with E-state index in [1.165, 1.54) is 11.8 Å². The number of hydrogen-bond donors (Lipinski definition) is 2. The van der Waals surface area contributed by atoms with E-state index < -0.39 is 32.7 Å². The standard InChI is InChI=1S/C28H42Cl2NO7P/c1-18(23-12-13-24(29)25(30)16-23)31(26(32)14-11-20-7-6-8-21(15-20)17-39(35)36)28(34)38-19(2)37-27(33)22-9-4-3-5-10-22/h12-13,16,18-22,26,32,39H,3-11,14-15,17H2,1-2H3,(H,35,36)/t18-,19?,20?,21?,26?/m1/s1. The Morgan fingerprint density at radius 2 is 1.72 bits per heavy atom. The van der Waals surface area contributed by atoms with Gasteiger partial charge >= 0.3 is 12.1 Å². The summed E-state index contributed by atoms with van der Waals surface area (Å²) in [5, 5.41) is 12.0. The van der Waals surface area contributed by atoms with Gasteiger partial charge in [-0.25, -0.2) is 4.79 Å². The van der Waals surface area contributed by atoms with Crippen molar-refractivity contribution in [3.8, 4) is 0 Å². The summed E-state index contributed by atoms with van der Waals surface area (Å²) in [5.41, 5.74) is 0.665. The van der Waals surface area contributed by atoms with E-state index in [9.17, 15) is 24.2 Å². The van der Waals surface area contributed by atoms with Crippen LogP contribution in [0.5, 0.6) is 0 Å². The summed E-state index contributed by atoms with van der Waals surface area (Å²) in [6.45, 7) is 3.26. The molecule has 3 rings (SSSR count). The summed E-state index contributed by atoms with van der Waals surface area (Å²) in [4.78, 5) is 36.5. The molecule has 39 heavy (non-hydrogen) atoms. The number of nitrogens with zero attached hydrogens (tertiary/aromatic N) is 1. The number of halogens is 2. The molecule has 5 unspecified atom stereocenters. The maximum atomic E-state index is 13.4. The van der Waals surface area contributed by atoms with Crippen LogP contribution in [0.15, 0.2) is 18.2 Å². The first-order chi connectivity index (χ1) is 18.5. The highest BCUT2D eigenvalue weighted by molar-refractivity contribution is 7.38. The average Bonchev–Trinajstić information content (AvgIpc) is 2.89. The Bertz CT molecular complexity index is 991. The number of amides is 1. The van der Waals surface area contributed by atoms with Crippen molar-refractivity contribution < 1.29 is 33.6 Å². The van der Waals surface area contributed by atoms with Gasteiger partial charge in [0.05, 0.1) is 22.0 Å². The van der Waals surface area contributed by atoms with Gasteiger partial charge in [0.25, 0.3) is 0 Å². The van der Waals surface area contributed by atoms with E-state index >= 15 is 0 Å². The Morgan fingerprint density at radius 3 is 2.38 bits per heavy atom. The van der Waals surface area contributed by atoms with Crippen LogP contribution in [0.4, 0.5) is 4.79 Å². The Labute approximate surface area is 242 Å². The highest BCUT2D eigenvalue weighted by Crippen LogP contribution is 2.37. The number of ether oxygens (including phenoxy) is 2. The van der Waals surface area contributed by atoms with Crippen molar-refractivity contribution in [2.24, 2.45) is 17.8 Å². The van der Waals surface area contributed by atoms with Gasteiger partial charge in [0.2, 0.25) is 6.29 Å². The summed E-state index contributed by atoms with van der Waals surface area (Å²) in [6, 6.07) is 4.41. The molecule has 2 saturated carbocycles. The molecule has 0 aromatic heterocycles. The fourth-order valence-electron chi connectivity index (χ4n) is 5.92. The predicted octanol–water partition coefficient (Wildman–Crippen LogP) is 7.33. The molecule has 2 N–H and O–H groups in total. The van der Waals surface area contributed by atoms with Crippen molar-refractivity contribution in [2.75, 3.05) is 6.16 Å². The zero-order valence-corrected chi connectivity index (χ0v) is 25.3. The molecular formula is C28H42Cl2NO7P. The van der Waals surface area contributed by atoms with Crippen molar-refractivity contribution in [1.29, 1.82) is 0 Å². The molecule has 0 spiro atoms. The zero-order chi connectivity index (χ0) is 28.5. The minimum absolute atomic E-state index is 0.180. The Hall–Kier alpha value is -1.31. The van der Waals surface area contributed by atoms with E-state index in [0.29, 0.717) is 40.5 Å². The second-order valence-electron chi connectivity index (χ2n) is 11.0. The molecule has 2 aliphatic carbocycles. The lowest BCUT2D eigenvalue weighted by atomic mass is 9.80. The van der Waals surface area contributed by atoms with Crippen LogP contribution in [0.25, 0.3) is 0 Å². The third-order valence-electron chi connectivity index (χ3n) is 8.05. The van der Waals surface area contributed by atoms with Crippen molar-refractivity contribution in [2.45, 2.75) is 103 Å².